The molecule has 0 bridgehead atoms. The summed E-state index contributed by atoms with van der Waals surface area (Å²) in [5.41, 5.74) is 0. The predicted octanol–water partition coefficient (Wildman–Crippen LogP) is -5.18. The van der Waals surface area contributed by atoms with Crippen molar-refractivity contribution >= 4 is 11.9 Å². The van der Waals surface area contributed by atoms with Gasteiger partial charge in [0.2, 0.25) is 0 Å². The first-order valence-electron chi connectivity index (χ1n) is 1.09. The molecule has 4 nitrogen and oxygen atoms in total. The second-order valence-corrected chi connectivity index (χ2v) is 0.593. The van der Waals surface area contributed by atoms with Crippen molar-refractivity contribution in [3.05, 3.63) is 0 Å². The van der Waals surface area contributed by atoms with E-state index in [-0.39, 0.29) is 40.6 Å². The van der Waals surface area contributed by atoms with E-state index in [0.29, 0.717) is 0 Å². The zero-order chi connectivity index (χ0) is 5.15. The van der Waals surface area contributed by atoms with Crippen LogP contribution in [0.2, 0.25) is 0 Å². The summed E-state index contributed by atoms with van der Waals surface area (Å²) >= 11 is 0. The van der Waals surface area contributed by atoms with Crippen molar-refractivity contribution in [1.29, 1.82) is 0 Å². The van der Waals surface area contributed by atoms with Crippen molar-refractivity contribution in [2.45, 2.75) is 0 Å². The van der Waals surface area contributed by atoms with E-state index in [9.17, 15) is 0 Å². The van der Waals surface area contributed by atoms with E-state index in [4.69, 9.17) is 19.8 Å². The Hall–Kier alpha value is 0.252. The van der Waals surface area contributed by atoms with Gasteiger partial charge in [-0.1, -0.05) is 0 Å². The van der Waals surface area contributed by atoms with Gasteiger partial charge in [0.25, 0.3) is 0 Å². The monoisotopic (exact) mass is 144 g/mol. The number of carboxylic acids is 2. The van der Waals surface area contributed by atoms with Crippen LogP contribution in [-0.4, -0.2) is 17.0 Å². The number of aliphatic carboxylic acids is 2. The van der Waals surface area contributed by atoms with Crippen molar-refractivity contribution in [3.8, 4) is 0 Å². The molecule has 0 heterocycles. The summed E-state index contributed by atoms with van der Waals surface area (Å²) in [6.07, 6.45) is 0. The van der Waals surface area contributed by atoms with Crippen LogP contribution >= 0.6 is 0 Å². The Morgan fingerprint density at radius 2 is 1.50 bits per heavy atom. The van der Waals surface area contributed by atoms with Crippen LogP contribution in [0.15, 0.2) is 0 Å². The van der Waals surface area contributed by atoms with Gasteiger partial charge in [0.05, 0.1) is 0 Å². The van der Waals surface area contributed by atoms with Gasteiger partial charge in [-0.3, -0.25) is 0 Å². The van der Waals surface area contributed by atoms with Crippen molar-refractivity contribution in [2.24, 2.45) is 0 Å². The van der Waals surface area contributed by atoms with Crippen LogP contribution in [0, 0.1) is 0 Å². The van der Waals surface area contributed by atoms with Crippen molar-refractivity contribution in [1.82, 2.24) is 0 Å². The average Bonchev–Trinajstić information content (AvgIpc) is 1.36. The predicted molar refractivity (Wildman–Crippen MR) is 12.6 cm³/mol. The van der Waals surface area contributed by atoms with Crippen LogP contribution < -0.4 is 24.0 Å². The molecular formula is C2HLiO4Ti. The normalized spacial score (nSPS) is 5.50. The van der Waals surface area contributed by atoms with Gasteiger partial charge in [0.1, 0.15) is 0 Å². The summed E-state index contributed by atoms with van der Waals surface area (Å²) in [4.78, 5) is 18.0. The SMILES string of the molecule is O=C([O-])C(=O)O.[Li+].[Ti]. The van der Waals surface area contributed by atoms with Crippen LogP contribution in [0.25, 0.3) is 0 Å². The summed E-state index contributed by atoms with van der Waals surface area (Å²) in [7, 11) is 0. The maximum absolute atomic E-state index is 9.04. The average molecular weight is 144 g/mol. The molecule has 0 saturated carbocycles. The quantitative estimate of drug-likeness (QED) is 0.272. The van der Waals surface area contributed by atoms with Gasteiger partial charge in [-0.25, -0.2) is 4.79 Å². The first kappa shape index (κ1) is 15.7. The fourth-order valence-corrected chi connectivity index (χ4v) is 0. The third-order valence-corrected chi connectivity index (χ3v) is 0.175. The van der Waals surface area contributed by atoms with E-state index >= 15 is 0 Å². The Kier molecular flexibility index (Phi) is 14.3. The van der Waals surface area contributed by atoms with E-state index in [1.54, 1.807) is 0 Å². The zero-order valence-electron chi connectivity index (χ0n) is 4.17. The Morgan fingerprint density at radius 3 is 1.50 bits per heavy atom. The molecular weight excluding hydrogens is 143 g/mol. The van der Waals surface area contributed by atoms with E-state index in [1.165, 1.54) is 0 Å². The van der Waals surface area contributed by atoms with Gasteiger partial charge >= 0.3 is 24.8 Å². The molecule has 0 unspecified atom stereocenters. The molecule has 38 valence electrons. The Balaban J connectivity index is -0.000000125. The summed E-state index contributed by atoms with van der Waals surface area (Å²) in [6, 6.07) is 0. The van der Waals surface area contributed by atoms with Gasteiger partial charge in [-0.05, 0) is 0 Å². The molecule has 6 heteroatoms. The minimum Gasteiger partial charge on any atom is -0.539 e. The van der Waals surface area contributed by atoms with Gasteiger partial charge in [0, 0.05) is 21.7 Å². The molecule has 0 aromatic heterocycles. The standard InChI is InChI=1S/C2H2O4.Li.Ti/c3-1(4)2(5)6;;/h(H,3,4)(H,5,6);;/q;+1;/p-1. The van der Waals surface area contributed by atoms with Crippen LogP contribution in [0.4, 0.5) is 0 Å². The molecule has 0 aliphatic rings. The van der Waals surface area contributed by atoms with E-state index in [1.807, 2.05) is 0 Å². The zero-order valence-corrected chi connectivity index (χ0v) is 5.73. The van der Waals surface area contributed by atoms with Crippen LogP contribution in [0.3, 0.4) is 0 Å². The topological polar surface area (TPSA) is 77.4 Å². The molecule has 0 radical (unpaired) electrons. The van der Waals surface area contributed by atoms with E-state index in [2.05, 4.69) is 0 Å². The second kappa shape index (κ2) is 7.25. The number of carbonyl (C=O) groups excluding carboxylic acids is 1. The molecule has 0 aromatic carbocycles. The molecule has 0 amide bonds. The summed E-state index contributed by atoms with van der Waals surface area (Å²) in [5, 5.41) is 16.3. The number of carbonyl (C=O) groups is 2. The number of carboxylic acid groups (broad SMARTS) is 2. The minimum absolute atomic E-state index is 0. The Labute approximate surface area is 72.3 Å². The summed E-state index contributed by atoms with van der Waals surface area (Å²) < 4.78 is 0. The first-order chi connectivity index (χ1) is 2.64. The molecule has 0 aromatic rings. The number of hydrogen-bond donors (Lipinski definition) is 1. The van der Waals surface area contributed by atoms with E-state index in [0.717, 1.165) is 0 Å². The molecule has 0 aliphatic heterocycles. The van der Waals surface area contributed by atoms with Crippen LogP contribution in [0.1, 0.15) is 0 Å². The molecule has 8 heavy (non-hydrogen) atoms. The van der Waals surface area contributed by atoms with Gasteiger partial charge in [-0.15, -0.1) is 0 Å². The summed E-state index contributed by atoms with van der Waals surface area (Å²) in [6.45, 7) is 0. The fraction of sp³-hybridized carbons (Fsp3) is 0. The summed E-state index contributed by atoms with van der Waals surface area (Å²) in [5.74, 6) is -4.01. The van der Waals surface area contributed by atoms with Crippen LogP contribution in [0.5, 0.6) is 0 Å². The fourth-order valence-electron chi connectivity index (χ4n) is 0. The molecule has 0 fully saturated rings. The van der Waals surface area contributed by atoms with Crippen LogP contribution in [-0.2, 0) is 31.3 Å². The Bertz CT molecular complexity index is 80.0. The maximum atomic E-state index is 9.04. The molecule has 0 spiro atoms. The largest absolute Gasteiger partial charge is 1.00 e. The first-order valence-corrected chi connectivity index (χ1v) is 1.09. The molecule has 0 aliphatic carbocycles. The second-order valence-electron chi connectivity index (χ2n) is 0.593. The maximum Gasteiger partial charge on any atom is 1.00 e. The van der Waals surface area contributed by atoms with E-state index < -0.39 is 11.9 Å². The smallest absolute Gasteiger partial charge is 0.539 e. The number of rotatable bonds is 0. The number of hydrogen-bond acceptors (Lipinski definition) is 3. The van der Waals surface area contributed by atoms with Gasteiger partial charge < -0.3 is 15.0 Å². The Morgan fingerprint density at radius 1 is 1.38 bits per heavy atom. The van der Waals surface area contributed by atoms with Crippen molar-refractivity contribution in [3.63, 3.8) is 0 Å². The third-order valence-electron chi connectivity index (χ3n) is 0.175. The molecule has 1 N–H and O–H groups in total. The van der Waals surface area contributed by atoms with Crippen molar-refractivity contribution < 1.29 is 60.4 Å². The van der Waals surface area contributed by atoms with Crippen molar-refractivity contribution in [2.75, 3.05) is 0 Å². The third kappa shape index (κ3) is 9.54. The molecule has 0 saturated heterocycles. The molecule has 0 atom stereocenters. The van der Waals surface area contributed by atoms with Gasteiger partial charge in [0.15, 0.2) is 5.97 Å². The van der Waals surface area contributed by atoms with Gasteiger partial charge in [-0.2, -0.15) is 0 Å². The minimum atomic E-state index is -2.07. The molecule has 0 rings (SSSR count).